The van der Waals surface area contributed by atoms with Crippen molar-refractivity contribution in [2.75, 3.05) is 13.7 Å². The summed E-state index contributed by atoms with van der Waals surface area (Å²) >= 11 is 0. The van der Waals surface area contributed by atoms with Crippen molar-refractivity contribution in [1.29, 1.82) is 0 Å². The zero-order chi connectivity index (χ0) is 13.2. The van der Waals surface area contributed by atoms with Crippen LogP contribution in [0.25, 0.3) is 0 Å². The minimum atomic E-state index is 0.651. The lowest BCUT2D eigenvalue weighted by molar-refractivity contribution is 0.125. The lowest BCUT2D eigenvalue weighted by Gasteiger charge is -2.04. The van der Waals surface area contributed by atoms with Gasteiger partial charge in [-0.1, -0.05) is 29.9 Å². The molecule has 0 atom stereocenters. The largest absolute Gasteiger partial charge is 0.497 e. The van der Waals surface area contributed by atoms with Gasteiger partial charge in [0.15, 0.2) is 0 Å². The first-order chi connectivity index (χ1) is 8.76. The van der Waals surface area contributed by atoms with Crippen LogP contribution >= 0.6 is 0 Å². The molecule has 0 saturated carbocycles. The van der Waals surface area contributed by atoms with Crippen LogP contribution in [0.3, 0.4) is 0 Å². The first-order valence-corrected chi connectivity index (χ1v) is 6.23. The van der Waals surface area contributed by atoms with Gasteiger partial charge in [0.05, 0.1) is 20.3 Å². The average Bonchev–Trinajstić information content (AvgIpc) is 2.39. The van der Waals surface area contributed by atoms with Crippen molar-refractivity contribution >= 4 is 0 Å². The van der Waals surface area contributed by atoms with Gasteiger partial charge in [0.2, 0.25) is 0 Å². The molecule has 0 saturated heterocycles. The highest BCUT2D eigenvalue weighted by Gasteiger charge is 1.94. The van der Waals surface area contributed by atoms with E-state index in [1.54, 1.807) is 7.11 Å². The fourth-order valence-corrected chi connectivity index (χ4v) is 1.61. The molecule has 0 N–H and O–H groups in total. The normalized spacial score (nSPS) is 11.3. The maximum absolute atomic E-state index is 5.61. The lowest BCUT2D eigenvalue weighted by atomic mass is 10.2. The van der Waals surface area contributed by atoms with Crippen LogP contribution in [-0.4, -0.2) is 13.7 Å². The van der Waals surface area contributed by atoms with E-state index in [1.165, 1.54) is 11.1 Å². The van der Waals surface area contributed by atoms with E-state index in [2.05, 4.69) is 19.6 Å². The summed E-state index contributed by atoms with van der Waals surface area (Å²) in [6.45, 7) is 7.23. The average molecular weight is 246 g/mol. The minimum absolute atomic E-state index is 0.651. The van der Waals surface area contributed by atoms with Gasteiger partial charge in [0.1, 0.15) is 5.75 Å². The molecule has 0 aliphatic heterocycles. The highest BCUT2D eigenvalue weighted by atomic mass is 16.5. The fourth-order valence-electron chi connectivity index (χ4n) is 1.61. The molecule has 98 valence electrons. The molecule has 0 fully saturated rings. The first kappa shape index (κ1) is 14.5. The summed E-state index contributed by atoms with van der Waals surface area (Å²) < 4.78 is 10.7. The van der Waals surface area contributed by atoms with Gasteiger partial charge in [-0.2, -0.15) is 0 Å². The number of rotatable bonds is 8. The van der Waals surface area contributed by atoms with Crippen LogP contribution < -0.4 is 4.74 Å². The van der Waals surface area contributed by atoms with Crippen molar-refractivity contribution in [2.45, 2.75) is 26.4 Å². The number of hydrogen-bond acceptors (Lipinski definition) is 2. The van der Waals surface area contributed by atoms with Crippen LogP contribution in [0.1, 0.15) is 25.3 Å². The molecule has 0 bridgehead atoms. The Morgan fingerprint density at radius 1 is 1.28 bits per heavy atom. The molecule has 1 aromatic rings. The Labute approximate surface area is 110 Å². The third-order valence-electron chi connectivity index (χ3n) is 2.65. The molecular weight excluding hydrogens is 224 g/mol. The zero-order valence-electron chi connectivity index (χ0n) is 11.3. The molecular formula is C16H22O2. The van der Waals surface area contributed by atoms with E-state index in [-0.39, 0.29) is 0 Å². The van der Waals surface area contributed by atoms with Gasteiger partial charge in [0, 0.05) is 0 Å². The van der Waals surface area contributed by atoms with E-state index < -0.39 is 0 Å². The summed E-state index contributed by atoms with van der Waals surface area (Å²) in [4.78, 5) is 0. The van der Waals surface area contributed by atoms with Gasteiger partial charge in [-0.05, 0) is 37.5 Å². The highest BCUT2D eigenvalue weighted by Crippen LogP contribution is 2.12. The molecule has 0 radical (unpaired) electrons. The van der Waals surface area contributed by atoms with E-state index in [1.807, 2.05) is 30.3 Å². The standard InChI is InChI=1S/C16H22O2/c1-4-6-14(2)7-5-12-18-13-15-8-10-16(17-3)11-9-15/h4,7-11H,1,5-6,12-13H2,2-3H3/b14-7-. The second kappa shape index (κ2) is 8.54. The van der Waals surface area contributed by atoms with E-state index in [0.29, 0.717) is 6.61 Å². The summed E-state index contributed by atoms with van der Waals surface area (Å²) in [6, 6.07) is 7.95. The molecule has 0 aliphatic rings. The molecule has 2 heteroatoms. The van der Waals surface area contributed by atoms with Crippen LogP contribution in [0.2, 0.25) is 0 Å². The monoisotopic (exact) mass is 246 g/mol. The van der Waals surface area contributed by atoms with Gasteiger partial charge in [-0.3, -0.25) is 0 Å². The van der Waals surface area contributed by atoms with Crippen LogP contribution in [-0.2, 0) is 11.3 Å². The second-order valence-corrected chi connectivity index (χ2v) is 4.23. The van der Waals surface area contributed by atoms with Crippen LogP contribution in [0, 0.1) is 0 Å². The topological polar surface area (TPSA) is 18.5 Å². The Kier molecular flexibility index (Phi) is 6.89. The summed E-state index contributed by atoms with van der Waals surface area (Å²) in [7, 11) is 1.67. The van der Waals surface area contributed by atoms with Crippen molar-refractivity contribution < 1.29 is 9.47 Å². The minimum Gasteiger partial charge on any atom is -0.497 e. The number of ether oxygens (including phenoxy) is 2. The predicted molar refractivity (Wildman–Crippen MR) is 75.8 cm³/mol. The Morgan fingerprint density at radius 2 is 2.00 bits per heavy atom. The molecule has 0 amide bonds. The summed E-state index contributed by atoms with van der Waals surface area (Å²) in [5.41, 5.74) is 2.51. The summed E-state index contributed by atoms with van der Waals surface area (Å²) in [5.74, 6) is 0.877. The molecule has 0 aliphatic carbocycles. The number of benzene rings is 1. The van der Waals surface area contributed by atoms with Crippen molar-refractivity contribution in [3.05, 3.63) is 54.1 Å². The predicted octanol–water partition coefficient (Wildman–Crippen LogP) is 4.12. The van der Waals surface area contributed by atoms with Gasteiger partial charge in [-0.15, -0.1) is 6.58 Å². The van der Waals surface area contributed by atoms with Crippen LogP contribution in [0.4, 0.5) is 0 Å². The summed E-state index contributed by atoms with van der Waals surface area (Å²) in [6.07, 6.45) is 6.04. The summed E-state index contributed by atoms with van der Waals surface area (Å²) in [5, 5.41) is 0. The van der Waals surface area contributed by atoms with Gasteiger partial charge < -0.3 is 9.47 Å². The van der Waals surface area contributed by atoms with E-state index in [4.69, 9.17) is 9.47 Å². The van der Waals surface area contributed by atoms with Crippen molar-refractivity contribution in [2.24, 2.45) is 0 Å². The van der Waals surface area contributed by atoms with Crippen LogP contribution in [0.5, 0.6) is 5.75 Å². The number of hydrogen-bond donors (Lipinski definition) is 0. The van der Waals surface area contributed by atoms with Crippen molar-refractivity contribution in [3.8, 4) is 5.75 Å². The third-order valence-corrected chi connectivity index (χ3v) is 2.65. The van der Waals surface area contributed by atoms with Gasteiger partial charge in [-0.25, -0.2) is 0 Å². The Morgan fingerprint density at radius 3 is 2.61 bits per heavy atom. The SMILES string of the molecule is C=CC/C(C)=C\CCOCc1ccc(OC)cc1. The first-order valence-electron chi connectivity index (χ1n) is 6.23. The Bertz CT molecular complexity index is 377. The molecule has 1 aromatic carbocycles. The fraction of sp³-hybridized carbons (Fsp3) is 0.375. The molecule has 0 spiro atoms. The highest BCUT2D eigenvalue weighted by molar-refractivity contribution is 5.26. The molecule has 2 nitrogen and oxygen atoms in total. The zero-order valence-corrected chi connectivity index (χ0v) is 11.3. The Balaban J connectivity index is 2.21. The molecule has 0 unspecified atom stereocenters. The maximum atomic E-state index is 5.61. The molecule has 0 aromatic heterocycles. The van der Waals surface area contributed by atoms with E-state index >= 15 is 0 Å². The second-order valence-electron chi connectivity index (χ2n) is 4.23. The van der Waals surface area contributed by atoms with Gasteiger partial charge >= 0.3 is 0 Å². The van der Waals surface area contributed by atoms with Crippen molar-refractivity contribution in [1.82, 2.24) is 0 Å². The number of methoxy groups -OCH3 is 1. The van der Waals surface area contributed by atoms with Crippen LogP contribution in [0.15, 0.2) is 48.6 Å². The third kappa shape index (κ3) is 5.69. The quantitative estimate of drug-likeness (QED) is 0.507. The lowest BCUT2D eigenvalue weighted by Crippen LogP contribution is -1.95. The molecule has 1 rings (SSSR count). The Hall–Kier alpha value is -1.54. The maximum Gasteiger partial charge on any atom is 0.118 e. The van der Waals surface area contributed by atoms with Crippen molar-refractivity contribution in [3.63, 3.8) is 0 Å². The van der Waals surface area contributed by atoms with E-state index in [9.17, 15) is 0 Å². The van der Waals surface area contributed by atoms with E-state index in [0.717, 1.165) is 25.2 Å². The molecule has 18 heavy (non-hydrogen) atoms. The number of allylic oxidation sites excluding steroid dienone is 2. The smallest absolute Gasteiger partial charge is 0.118 e. The van der Waals surface area contributed by atoms with Gasteiger partial charge in [0.25, 0.3) is 0 Å². The molecule has 0 heterocycles.